The average molecular weight is 340 g/mol. The Balaban J connectivity index is 1.73. The minimum Gasteiger partial charge on any atom is -0.379 e. The third-order valence-corrected chi connectivity index (χ3v) is 5.21. The van der Waals surface area contributed by atoms with Gasteiger partial charge in [0.15, 0.2) is 0 Å². The second-order valence-electron chi connectivity index (χ2n) is 6.91. The summed E-state index contributed by atoms with van der Waals surface area (Å²) in [4.78, 5) is 25.3. The lowest BCUT2D eigenvalue weighted by Gasteiger charge is -2.48. The van der Waals surface area contributed by atoms with Crippen molar-refractivity contribution in [2.75, 3.05) is 39.4 Å². The topological polar surface area (TPSA) is 96.7 Å². The zero-order valence-corrected chi connectivity index (χ0v) is 14.6. The fraction of sp³-hybridized carbons (Fsp3) is 0.882. The fourth-order valence-corrected chi connectivity index (χ4v) is 3.83. The Bertz CT molecular complexity index is 405. The molecule has 1 saturated heterocycles. The predicted molar refractivity (Wildman–Crippen MR) is 92.7 cm³/mol. The molecule has 0 bridgehead atoms. The van der Waals surface area contributed by atoms with E-state index in [1.807, 2.05) is 0 Å². The molecule has 2 aliphatic rings. The monoisotopic (exact) mass is 340 g/mol. The van der Waals surface area contributed by atoms with Gasteiger partial charge in [0, 0.05) is 38.1 Å². The number of primary amides is 1. The number of amides is 3. The van der Waals surface area contributed by atoms with Crippen LogP contribution in [0.3, 0.4) is 0 Å². The quantitative estimate of drug-likeness (QED) is 0.574. The van der Waals surface area contributed by atoms with E-state index in [-0.39, 0.29) is 11.4 Å². The number of hydrogen-bond donors (Lipinski definition) is 3. The summed E-state index contributed by atoms with van der Waals surface area (Å²) in [5.74, 6) is 0.104. The highest BCUT2D eigenvalue weighted by atomic mass is 16.5. The first-order chi connectivity index (χ1) is 11.6. The van der Waals surface area contributed by atoms with Crippen LogP contribution in [0.15, 0.2) is 0 Å². The molecule has 7 heteroatoms. The first-order valence-corrected chi connectivity index (χ1v) is 9.25. The van der Waals surface area contributed by atoms with E-state index in [0.29, 0.717) is 13.0 Å². The summed E-state index contributed by atoms with van der Waals surface area (Å²) in [6, 6.07) is -0.510. The molecule has 0 atom stereocenters. The molecule has 1 heterocycles. The number of urea groups is 1. The van der Waals surface area contributed by atoms with Gasteiger partial charge in [0.25, 0.3) is 0 Å². The van der Waals surface area contributed by atoms with Crippen molar-refractivity contribution < 1.29 is 14.3 Å². The van der Waals surface area contributed by atoms with Crippen LogP contribution in [0.1, 0.15) is 51.4 Å². The van der Waals surface area contributed by atoms with Crippen LogP contribution >= 0.6 is 0 Å². The summed E-state index contributed by atoms with van der Waals surface area (Å²) >= 11 is 0. The molecule has 0 spiro atoms. The van der Waals surface area contributed by atoms with Crippen LogP contribution in [0.4, 0.5) is 4.79 Å². The van der Waals surface area contributed by atoms with Gasteiger partial charge in [-0.1, -0.05) is 19.3 Å². The summed E-state index contributed by atoms with van der Waals surface area (Å²) in [5, 5.41) is 5.70. The number of hydrogen-bond acceptors (Lipinski definition) is 4. The Hall–Kier alpha value is -1.34. The van der Waals surface area contributed by atoms with Gasteiger partial charge in [0.1, 0.15) is 0 Å². The van der Waals surface area contributed by atoms with Crippen molar-refractivity contribution in [1.82, 2.24) is 15.5 Å². The van der Waals surface area contributed by atoms with Crippen LogP contribution in [-0.4, -0.2) is 61.8 Å². The summed E-state index contributed by atoms with van der Waals surface area (Å²) in [7, 11) is 0. The summed E-state index contributed by atoms with van der Waals surface area (Å²) in [5.41, 5.74) is 5.12. The third-order valence-electron chi connectivity index (χ3n) is 5.21. The molecular weight excluding hydrogens is 308 g/mol. The van der Waals surface area contributed by atoms with E-state index in [9.17, 15) is 9.59 Å². The van der Waals surface area contributed by atoms with Crippen LogP contribution in [0, 0.1) is 0 Å². The van der Waals surface area contributed by atoms with Crippen LogP contribution in [0.5, 0.6) is 0 Å². The molecule has 0 unspecified atom stereocenters. The summed E-state index contributed by atoms with van der Waals surface area (Å²) in [6.45, 7) is 4.79. The van der Waals surface area contributed by atoms with Crippen LogP contribution < -0.4 is 16.4 Å². The van der Waals surface area contributed by atoms with Crippen molar-refractivity contribution in [1.29, 1.82) is 0 Å². The molecule has 3 amide bonds. The molecule has 138 valence electrons. The summed E-state index contributed by atoms with van der Waals surface area (Å²) in [6.07, 6.45) is 8.14. The zero-order chi connectivity index (χ0) is 17.3. The van der Waals surface area contributed by atoms with E-state index in [4.69, 9.17) is 10.5 Å². The van der Waals surface area contributed by atoms with E-state index >= 15 is 0 Å². The Morgan fingerprint density at radius 2 is 1.75 bits per heavy atom. The van der Waals surface area contributed by atoms with Crippen molar-refractivity contribution in [3.63, 3.8) is 0 Å². The SMILES string of the molecule is NC(=O)NCCCCC(=O)NCC1(N2CCOCC2)CCCCC1. The first kappa shape index (κ1) is 19.0. The average Bonchev–Trinajstić information content (AvgIpc) is 2.61. The van der Waals surface area contributed by atoms with Gasteiger partial charge in [-0.05, 0) is 25.7 Å². The first-order valence-electron chi connectivity index (χ1n) is 9.25. The van der Waals surface area contributed by atoms with E-state index < -0.39 is 6.03 Å². The number of morpholine rings is 1. The van der Waals surface area contributed by atoms with E-state index in [1.165, 1.54) is 19.3 Å². The van der Waals surface area contributed by atoms with Crippen molar-refractivity contribution in [2.45, 2.75) is 56.9 Å². The molecule has 1 aliphatic heterocycles. The molecule has 0 aromatic rings. The van der Waals surface area contributed by atoms with E-state index in [2.05, 4.69) is 15.5 Å². The van der Waals surface area contributed by atoms with Gasteiger partial charge in [-0.25, -0.2) is 4.79 Å². The normalized spacial score (nSPS) is 21.2. The molecule has 24 heavy (non-hydrogen) atoms. The van der Waals surface area contributed by atoms with E-state index in [1.54, 1.807) is 0 Å². The maximum Gasteiger partial charge on any atom is 0.312 e. The highest BCUT2D eigenvalue weighted by Crippen LogP contribution is 2.33. The third kappa shape index (κ3) is 5.94. The van der Waals surface area contributed by atoms with Crippen LogP contribution in [0.2, 0.25) is 0 Å². The van der Waals surface area contributed by atoms with Gasteiger partial charge in [0.05, 0.1) is 13.2 Å². The minimum absolute atomic E-state index is 0.104. The maximum absolute atomic E-state index is 12.1. The molecular formula is C17H32N4O3. The Morgan fingerprint density at radius 3 is 2.42 bits per heavy atom. The molecule has 7 nitrogen and oxygen atoms in total. The zero-order valence-electron chi connectivity index (χ0n) is 14.6. The van der Waals surface area contributed by atoms with Crippen molar-refractivity contribution >= 4 is 11.9 Å². The molecule has 2 rings (SSSR count). The van der Waals surface area contributed by atoms with Crippen LogP contribution in [0.25, 0.3) is 0 Å². The maximum atomic E-state index is 12.1. The van der Waals surface area contributed by atoms with Gasteiger partial charge < -0.3 is 21.1 Å². The number of carbonyl (C=O) groups is 2. The standard InChI is InChI=1S/C17H32N4O3/c18-16(23)19-9-5-2-6-15(22)20-14-17(7-3-1-4-8-17)21-10-12-24-13-11-21/h1-14H2,(H,20,22)(H3,18,19,23). The second-order valence-corrected chi connectivity index (χ2v) is 6.91. The lowest BCUT2D eigenvalue weighted by molar-refractivity contribution is -0.122. The number of carbonyl (C=O) groups excluding carboxylic acids is 2. The lowest BCUT2D eigenvalue weighted by atomic mass is 9.79. The van der Waals surface area contributed by atoms with Crippen LogP contribution in [-0.2, 0) is 9.53 Å². The van der Waals surface area contributed by atoms with Crippen molar-refractivity contribution in [3.8, 4) is 0 Å². The lowest BCUT2D eigenvalue weighted by Crippen LogP contribution is -2.59. The van der Waals surface area contributed by atoms with Gasteiger partial charge in [-0.2, -0.15) is 0 Å². The Morgan fingerprint density at radius 1 is 1.04 bits per heavy atom. The summed E-state index contributed by atoms with van der Waals surface area (Å²) < 4.78 is 5.49. The molecule has 0 aromatic heterocycles. The highest BCUT2D eigenvalue weighted by Gasteiger charge is 2.38. The Labute approximate surface area is 144 Å². The number of nitrogens with one attached hydrogen (secondary N) is 2. The van der Waals surface area contributed by atoms with Gasteiger partial charge >= 0.3 is 6.03 Å². The smallest absolute Gasteiger partial charge is 0.312 e. The molecule has 4 N–H and O–H groups in total. The second kappa shape index (κ2) is 9.84. The van der Waals surface area contributed by atoms with Gasteiger partial charge in [0.2, 0.25) is 5.91 Å². The minimum atomic E-state index is -0.510. The largest absolute Gasteiger partial charge is 0.379 e. The van der Waals surface area contributed by atoms with E-state index in [0.717, 1.165) is 58.5 Å². The molecule has 1 saturated carbocycles. The number of unbranched alkanes of at least 4 members (excludes halogenated alkanes) is 1. The number of ether oxygens (including phenoxy) is 1. The van der Waals surface area contributed by atoms with Gasteiger partial charge in [-0.3, -0.25) is 9.69 Å². The Kier molecular flexibility index (Phi) is 7.78. The number of rotatable bonds is 8. The predicted octanol–water partition coefficient (Wildman–Crippen LogP) is 0.976. The van der Waals surface area contributed by atoms with Crippen molar-refractivity contribution in [2.24, 2.45) is 5.73 Å². The van der Waals surface area contributed by atoms with Crippen molar-refractivity contribution in [3.05, 3.63) is 0 Å². The molecule has 0 aromatic carbocycles. The molecule has 1 aliphatic carbocycles. The number of nitrogens with zero attached hydrogens (tertiary/aromatic N) is 1. The fourth-order valence-electron chi connectivity index (χ4n) is 3.83. The highest BCUT2D eigenvalue weighted by molar-refractivity contribution is 5.76. The number of nitrogens with two attached hydrogens (primary N) is 1. The van der Waals surface area contributed by atoms with Gasteiger partial charge in [-0.15, -0.1) is 0 Å². The molecule has 2 fully saturated rings. The molecule has 0 radical (unpaired) electrons.